The van der Waals surface area contributed by atoms with Crippen LogP contribution in [-0.4, -0.2) is 5.78 Å². The Bertz CT molecular complexity index is 1150. The number of aryl methyl sites for hydroxylation is 1. The highest BCUT2D eigenvalue weighted by Crippen LogP contribution is 2.41. The third-order valence-corrected chi connectivity index (χ3v) is 5.07. The molecule has 25 heavy (non-hydrogen) atoms. The van der Waals surface area contributed by atoms with Gasteiger partial charge in [-0.25, -0.2) is 0 Å². The van der Waals surface area contributed by atoms with Gasteiger partial charge in [0, 0.05) is 16.5 Å². The first-order chi connectivity index (χ1) is 12.2. The molecule has 0 bridgehead atoms. The highest BCUT2D eigenvalue weighted by Gasteiger charge is 2.25. The van der Waals surface area contributed by atoms with Crippen LogP contribution in [0.4, 0.5) is 0 Å². The van der Waals surface area contributed by atoms with E-state index in [1.54, 1.807) is 0 Å². The van der Waals surface area contributed by atoms with E-state index in [1.165, 1.54) is 16.7 Å². The molecule has 118 valence electrons. The number of carbonyl (C=O) groups excluding carboxylic acids is 1. The van der Waals surface area contributed by atoms with E-state index < -0.39 is 0 Å². The van der Waals surface area contributed by atoms with Gasteiger partial charge >= 0.3 is 0 Å². The zero-order chi connectivity index (χ0) is 17.0. The Balaban J connectivity index is 1.88. The number of hydrogen-bond acceptors (Lipinski definition) is 1. The lowest BCUT2D eigenvalue weighted by Gasteiger charge is -2.21. The van der Waals surface area contributed by atoms with Gasteiger partial charge in [-0.2, -0.15) is 0 Å². The van der Waals surface area contributed by atoms with Crippen molar-refractivity contribution >= 4 is 16.6 Å². The van der Waals surface area contributed by atoms with Crippen molar-refractivity contribution in [3.05, 3.63) is 95.6 Å². The third kappa shape index (κ3) is 2.06. The number of fused-ring (bicyclic) bond motifs is 2. The summed E-state index contributed by atoms with van der Waals surface area (Å²) in [6, 6.07) is 26.9. The van der Waals surface area contributed by atoms with E-state index in [2.05, 4.69) is 55.5 Å². The predicted octanol–water partition coefficient (Wildman–Crippen LogP) is 6.03. The summed E-state index contributed by atoms with van der Waals surface area (Å²) in [5.41, 5.74) is 7.42. The van der Waals surface area contributed by atoms with Crippen molar-refractivity contribution in [2.24, 2.45) is 0 Å². The number of carbonyl (C=O) groups is 1. The highest BCUT2D eigenvalue weighted by molar-refractivity contribution is 6.26. The standard InChI is InChI=1S/C24H16O/c1-15-9-11-16(12-10-15)18-13-17-5-4-8-21-23(17)22(14-18)19-6-2-3-7-20(19)24(21)25/h2-14H,1H3. The van der Waals surface area contributed by atoms with Crippen LogP contribution in [0.25, 0.3) is 33.0 Å². The van der Waals surface area contributed by atoms with E-state index >= 15 is 0 Å². The Kier molecular flexibility index (Phi) is 2.92. The summed E-state index contributed by atoms with van der Waals surface area (Å²) in [4.78, 5) is 12.9. The minimum atomic E-state index is 0.122. The average Bonchev–Trinajstić information content (AvgIpc) is 2.66. The molecule has 1 aliphatic carbocycles. The normalized spacial score (nSPS) is 12.3. The maximum Gasteiger partial charge on any atom is 0.194 e. The van der Waals surface area contributed by atoms with Crippen molar-refractivity contribution in [1.82, 2.24) is 0 Å². The Labute approximate surface area is 146 Å². The van der Waals surface area contributed by atoms with Crippen LogP contribution in [0.3, 0.4) is 0 Å². The van der Waals surface area contributed by atoms with Crippen molar-refractivity contribution < 1.29 is 4.79 Å². The molecule has 0 heterocycles. The minimum absolute atomic E-state index is 0.122. The second-order valence-corrected chi connectivity index (χ2v) is 6.67. The van der Waals surface area contributed by atoms with E-state index in [1.807, 2.05) is 30.3 Å². The van der Waals surface area contributed by atoms with Crippen molar-refractivity contribution in [1.29, 1.82) is 0 Å². The van der Waals surface area contributed by atoms with Crippen LogP contribution in [0.2, 0.25) is 0 Å². The molecule has 1 nitrogen and oxygen atoms in total. The zero-order valence-corrected chi connectivity index (χ0v) is 13.9. The molecule has 5 rings (SSSR count). The van der Waals surface area contributed by atoms with Gasteiger partial charge in [-0.1, -0.05) is 72.3 Å². The molecule has 0 aromatic heterocycles. The molecule has 1 aliphatic rings. The number of benzene rings is 4. The quantitative estimate of drug-likeness (QED) is 0.369. The third-order valence-electron chi connectivity index (χ3n) is 5.07. The van der Waals surface area contributed by atoms with Crippen molar-refractivity contribution in [3.8, 4) is 22.3 Å². The Morgan fingerprint density at radius 1 is 0.600 bits per heavy atom. The molecule has 0 amide bonds. The van der Waals surface area contributed by atoms with E-state index in [9.17, 15) is 4.79 Å². The smallest absolute Gasteiger partial charge is 0.194 e. The number of hydrogen-bond donors (Lipinski definition) is 0. The van der Waals surface area contributed by atoms with Gasteiger partial charge in [0.25, 0.3) is 0 Å². The highest BCUT2D eigenvalue weighted by atomic mass is 16.1. The van der Waals surface area contributed by atoms with Gasteiger partial charge in [-0.05, 0) is 46.7 Å². The summed E-state index contributed by atoms with van der Waals surface area (Å²) in [5, 5.41) is 2.19. The molecule has 4 aromatic carbocycles. The molecular weight excluding hydrogens is 304 g/mol. The van der Waals surface area contributed by atoms with Crippen LogP contribution in [0.15, 0.2) is 78.9 Å². The van der Waals surface area contributed by atoms with Crippen LogP contribution in [-0.2, 0) is 0 Å². The summed E-state index contributed by atoms with van der Waals surface area (Å²) in [5.74, 6) is 0.122. The van der Waals surface area contributed by atoms with Gasteiger partial charge in [0.05, 0.1) is 0 Å². The maximum absolute atomic E-state index is 12.9. The second-order valence-electron chi connectivity index (χ2n) is 6.67. The first-order valence-electron chi connectivity index (χ1n) is 8.50. The molecule has 1 heteroatoms. The van der Waals surface area contributed by atoms with E-state index in [4.69, 9.17) is 0 Å². The summed E-state index contributed by atoms with van der Waals surface area (Å²) in [6.45, 7) is 2.10. The molecule has 4 aromatic rings. The first-order valence-corrected chi connectivity index (χ1v) is 8.50. The second kappa shape index (κ2) is 5.15. The lowest BCUT2D eigenvalue weighted by Crippen LogP contribution is -2.09. The molecule has 0 fully saturated rings. The van der Waals surface area contributed by atoms with E-state index in [-0.39, 0.29) is 5.78 Å². The number of rotatable bonds is 1. The van der Waals surface area contributed by atoms with Crippen LogP contribution in [0.1, 0.15) is 21.5 Å². The lowest BCUT2D eigenvalue weighted by molar-refractivity contribution is 0.104. The van der Waals surface area contributed by atoms with Crippen LogP contribution in [0.5, 0.6) is 0 Å². The molecule has 0 unspecified atom stereocenters. The summed E-state index contributed by atoms with van der Waals surface area (Å²) < 4.78 is 0. The van der Waals surface area contributed by atoms with E-state index in [0.717, 1.165) is 33.0 Å². The fraction of sp³-hybridized carbons (Fsp3) is 0.0417. The van der Waals surface area contributed by atoms with Gasteiger partial charge in [0.2, 0.25) is 0 Å². The topological polar surface area (TPSA) is 17.1 Å². The largest absolute Gasteiger partial charge is 0.289 e. The molecular formula is C24H16O. The van der Waals surface area contributed by atoms with Crippen molar-refractivity contribution in [3.63, 3.8) is 0 Å². The monoisotopic (exact) mass is 320 g/mol. The minimum Gasteiger partial charge on any atom is -0.289 e. The lowest BCUT2D eigenvalue weighted by atomic mass is 9.81. The molecule has 0 saturated heterocycles. The zero-order valence-electron chi connectivity index (χ0n) is 13.9. The van der Waals surface area contributed by atoms with Crippen LogP contribution < -0.4 is 0 Å². The Morgan fingerprint density at radius 2 is 1.32 bits per heavy atom. The first kappa shape index (κ1) is 14.2. The van der Waals surface area contributed by atoms with Crippen LogP contribution >= 0.6 is 0 Å². The Morgan fingerprint density at radius 3 is 2.12 bits per heavy atom. The predicted molar refractivity (Wildman–Crippen MR) is 103 cm³/mol. The van der Waals surface area contributed by atoms with Gasteiger partial charge in [-0.15, -0.1) is 0 Å². The molecule has 0 N–H and O–H groups in total. The Hall–Kier alpha value is -3.19. The molecule has 0 spiro atoms. The summed E-state index contributed by atoms with van der Waals surface area (Å²) in [7, 11) is 0. The van der Waals surface area contributed by atoms with E-state index in [0.29, 0.717) is 0 Å². The molecule has 0 radical (unpaired) electrons. The molecule has 0 aliphatic heterocycles. The molecule has 0 saturated carbocycles. The van der Waals surface area contributed by atoms with Crippen molar-refractivity contribution in [2.45, 2.75) is 6.92 Å². The maximum atomic E-state index is 12.9. The van der Waals surface area contributed by atoms with Gasteiger partial charge in [0.15, 0.2) is 5.78 Å². The average molecular weight is 320 g/mol. The number of ketones is 1. The fourth-order valence-electron chi connectivity index (χ4n) is 3.80. The molecule has 0 atom stereocenters. The van der Waals surface area contributed by atoms with Gasteiger partial charge in [0.1, 0.15) is 0 Å². The van der Waals surface area contributed by atoms with Gasteiger partial charge in [-0.3, -0.25) is 4.79 Å². The van der Waals surface area contributed by atoms with Crippen molar-refractivity contribution in [2.75, 3.05) is 0 Å². The van der Waals surface area contributed by atoms with Crippen LogP contribution in [0, 0.1) is 6.92 Å². The fourth-order valence-corrected chi connectivity index (χ4v) is 3.80. The SMILES string of the molecule is Cc1ccc(-c2cc3c4c(cccc4c2)C(=O)c2ccccc2-3)cc1. The summed E-state index contributed by atoms with van der Waals surface area (Å²) in [6.07, 6.45) is 0. The summed E-state index contributed by atoms with van der Waals surface area (Å²) >= 11 is 0. The van der Waals surface area contributed by atoms with Gasteiger partial charge < -0.3 is 0 Å².